The summed E-state index contributed by atoms with van der Waals surface area (Å²) in [6.07, 6.45) is 0. The summed E-state index contributed by atoms with van der Waals surface area (Å²) >= 11 is 0. The first kappa shape index (κ1) is 16.1. The van der Waals surface area contributed by atoms with E-state index in [4.69, 9.17) is 10.5 Å². The van der Waals surface area contributed by atoms with Crippen LogP contribution < -0.4 is 5.73 Å². The third-order valence-corrected chi connectivity index (χ3v) is 3.25. The van der Waals surface area contributed by atoms with Crippen LogP contribution in [0.25, 0.3) is 0 Å². The van der Waals surface area contributed by atoms with Crippen LogP contribution in [-0.2, 0) is 4.74 Å². The summed E-state index contributed by atoms with van der Waals surface area (Å²) in [5, 5.41) is 0. The van der Waals surface area contributed by atoms with Gasteiger partial charge >= 0.3 is 0 Å². The van der Waals surface area contributed by atoms with Gasteiger partial charge in [0.25, 0.3) is 0 Å². The van der Waals surface area contributed by atoms with Crippen molar-refractivity contribution in [2.75, 3.05) is 26.3 Å². The molecular formula is C15H25FN2O. The number of benzene rings is 1. The molecule has 0 amide bonds. The number of hydrogen-bond acceptors (Lipinski definition) is 3. The molecule has 0 saturated carbocycles. The van der Waals surface area contributed by atoms with Crippen LogP contribution >= 0.6 is 0 Å². The molecule has 0 aliphatic heterocycles. The van der Waals surface area contributed by atoms with Crippen LogP contribution in [-0.4, -0.2) is 37.2 Å². The summed E-state index contributed by atoms with van der Waals surface area (Å²) in [6, 6.07) is 6.59. The average molecular weight is 268 g/mol. The maximum Gasteiger partial charge on any atom is 0.128 e. The monoisotopic (exact) mass is 268 g/mol. The number of ether oxygens (including phenoxy) is 1. The molecule has 0 radical (unpaired) electrons. The molecule has 4 heteroatoms. The van der Waals surface area contributed by atoms with Gasteiger partial charge < -0.3 is 10.5 Å². The van der Waals surface area contributed by atoms with Crippen molar-refractivity contribution in [3.63, 3.8) is 0 Å². The predicted octanol–water partition coefficient (Wildman–Crippen LogP) is 2.57. The van der Waals surface area contributed by atoms with Crippen molar-refractivity contribution in [2.45, 2.75) is 32.9 Å². The third-order valence-electron chi connectivity index (χ3n) is 3.25. The van der Waals surface area contributed by atoms with E-state index in [1.165, 1.54) is 6.07 Å². The molecule has 0 saturated heterocycles. The van der Waals surface area contributed by atoms with Gasteiger partial charge in [-0.05, 0) is 26.5 Å². The van der Waals surface area contributed by atoms with E-state index in [1.54, 1.807) is 6.07 Å². The van der Waals surface area contributed by atoms with Gasteiger partial charge in [0.15, 0.2) is 0 Å². The predicted molar refractivity (Wildman–Crippen MR) is 76.5 cm³/mol. The Morgan fingerprint density at radius 1 is 1.32 bits per heavy atom. The number of halogens is 1. The molecule has 19 heavy (non-hydrogen) atoms. The molecule has 1 rings (SSSR count). The molecule has 2 atom stereocenters. The molecule has 1 aromatic rings. The fraction of sp³-hybridized carbons (Fsp3) is 0.600. The fourth-order valence-corrected chi connectivity index (χ4v) is 2.35. The van der Waals surface area contributed by atoms with E-state index >= 15 is 0 Å². The van der Waals surface area contributed by atoms with Crippen molar-refractivity contribution in [1.82, 2.24) is 4.90 Å². The minimum atomic E-state index is -0.195. The van der Waals surface area contributed by atoms with Crippen molar-refractivity contribution < 1.29 is 9.13 Å². The molecule has 0 aliphatic carbocycles. The largest absolute Gasteiger partial charge is 0.380 e. The highest BCUT2D eigenvalue weighted by molar-refractivity contribution is 5.22. The Hall–Kier alpha value is -0.970. The minimum absolute atomic E-state index is 0.119. The number of nitrogens with two attached hydrogens (primary N) is 1. The molecule has 0 spiro atoms. The molecular weight excluding hydrogens is 243 g/mol. The highest BCUT2D eigenvalue weighted by Crippen LogP contribution is 2.25. The van der Waals surface area contributed by atoms with Gasteiger partial charge in [-0.15, -0.1) is 0 Å². The Bertz CT molecular complexity index is 371. The van der Waals surface area contributed by atoms with Crippen molar-refractivity contribution in [3.8, 4) is 0 Å². The van der Waals surface area contributed by atoms with E-state index in [9.17, 15) is 4.39 Å². The first-order valence-electron chi connectivity index (χ1n) is 6.93. The molecule has 0 aromatic heterocycles. The Labute approximate surface area is 115 Å². The van der Waals surface area contributed by atoms with E-state index < -0.39 is 0 Å². The average Bonchev–Trinajstić information content (AvgIpc) is 2.39. The lowest BCUT2D eigenvalue weighted by molar-refractivity contribution is 0.0899. The van der Waals surface area contributed by atoms with Crippen LogP contribution in [0, 0.1) is 5.82 Å². The zero-order valence-electron chi connectivity index (χ0n) is 12.1. The lowest BCUT2D eigenvalue weighted by Crippen LogP contribution is -2.41. The number of likely N-dealkylation sites (N-methyl/N-ethyl adjacent to an activating group) is 1. The summed E-state index contributed by atoms with van der Waals surface area (Å²) in [5.41, 5.74) is 6.73. The van der Waals surface area contributed by atoms with Crippen molar-refractivity contribution in [3.05, 3.63) is 35.6 Å². The van der Waals surface area contributed by atoms with Gasteiger partial charge in [0.2, 0.25) is 0 Å². The molecule has 3 nitrogen and oxygen atoms in total. The summed E-state index contributed by atoms with van der Waals surface area (Å²) < 4.78 is 19.4. The van der Waals surface area contributed by atoms with Crippen LogP contribution in [0.1, 0.15) is 32.4 Å². The third kappa shape index (κ3) is 4.56. The second-order valence-electron chi connectivity index (χ2n) is 4.65. The maximum absolute atomic E-state index is 14.0. The molecule has 108 valence electrons. The topological polar surface area (TPSA) is 38.5 Å². The van der Waals surface area contributed by atoms with Crippen LogP contribution in [0.15, 0.2) is 24.3 Å². The molecule has 2 unspecified atom stereocenters. The van der Waals surface area contributed by atoms with Gasteiger partial charge in [-0.3, -0.25) is 4.90 Å². The Balaban J connectivity index is 2.89. The van der Waals surface area contributed by atoms with E-state index in [2.05, 4.69) is 11.8 Å². The van der Waals surface area contributed by atoms with Crippen molar-refractivity contribution in [2.24, 2.45) is 5.73 Å². The summed E-state index contributed by atoms with van der Waals surface area (Å²) in [7, 11) is 0. The molecule has 0 bridgehead atoms. The van der Waals surface area contributed by atoms with Gasteiger partial charge in [-0.2, -0.15) is 0 Å². The lowest BCUT2D eigenvalue weighted by Gasteiger charge is -2.34. The first-order valence-corrected chi connectivity index (χ1v) is 6.93. The zero-order chi connectivity index (χ0) is 14.3. The molecule has 0 fully saturated rings. The Morgan fingerprint density at radius 3 is 2.53 bits per heavy atom. The van der Waals surface area contributed by atoms with Crippen LogP contribution in [0.5, 0.6) is 0 Å². The van der Waals surface area contributed by atoms with Gasteiger partial charge in [0, 0.05) is 24.8 Å². The Morgan fingerprint density at radius 2 is 2.00 bits per heavy atom. The molecule has 2 N–H and O–H groups in total. The van der Waals surface area contributed by atoms with E-state index in [-0.39, 0.29) is 17.9 Å². The first-order chi connectivity index (χ1) is 9.11. The lowest BCUT2D eigenvalue weighted by atomic mass is 9.98. The number of hydrogen-bond donors (Lipinski definition) is 1. The van der Waals surface area contributed by atoms with Crippen LogP contribution in [0.2, 0.25) is 0 Å². The SMILES string of the molecule is CCOCCN(CC)C(c1ccccc1F)C(C)N. The zero-order valence-corrected chi connectivity index (χ0v) is 12.1. The maximum atomic E-state index is 14.0. The fourth-order valence-electron chi connectivity index (χ4n) is 2.35. The van der Waals surface area contributed by atoms with Crippen LogP contribution in [0.3, 0.4) is 0 Å². The molecule has 0 aliphatic rings. The van der Waals surface area contributed by atoms with Crippen molar-refractivity contribution in [1.29, 1.82) is 0 Å². The molecule has 1 aromatic carbocycles. The number of rotatable bonds is 8. The summed E-state index contributed by atoms with van der Waals surface area (Å²) in [4.78, 5) is 2.17. The van der Waals surface area contributed by atoms with Gasteiger partial charge in [0.05, 0.1) is 12.6 Å². The smallest absolute Gasteiger partial charge is 0.128 e. The highest BCUT2D eigenvalue weighted by Gasteiger charge is 2.25. The number of nitrogens with zero attached hydrogens (tertiary/aromatic N) is 1. The van der Waals surface area contributed by atoms with E-state index in [0.29, 0.717) is 18.8 Å². The minimum Gasteiger partial charge on any atom is -0.380 e. The second-order valence-corrected chi connectivity index (χ2v) is 4.65. The van der Waals surface area contributed by atoms with Gasteiger partial charge in [-0.25, -0.2) is 4.39 Å². The summed E-state index contributed by atoms with van der Waals surface area (Å²) in [5.74, 6) is -0.195. The summed E-state index contributed by atoms with van der Waals surface area (Å²) in [6.45, 7) is 8.85. The quantitative estimate of drug-likeness (QED) is 0.736. The highest BCUT2D eigenvalue weighted by atomic mass is 19.1. The second kappa shape index (κ2) is 8.25. The standard InChI is InChI=1S/C15H25FN2O/c1-4-18(10-11-19-5-2)15(12(3)17)13-8-6-7-9-14(13)16/h6-9,12,15H,4-5,10-11,17H2,1-3H3. The van der Waals surface area contributed by atoms with Gasteiger partial charge in [-0.1, -0.05) is 25.1 Å². The Kier molecular flexibility index (Phi) is 6.99. The van der Waals surface area contributed by atoms with E-state index in [0.717, 1.165) is 13.1 Å². The molecule has 0 heterocycles. The van der Waals surface area contributed by atoms with Gasteiger partial charge in [0.1, 0.15) is 5.82 Å². The normalized spacial score (nSPS) is 14.6. The van der Waals surface area contributed by atoms with Crippen molar-refractivity contribution >= 4 is 0 Å². The van der Waals surface area contributed by atoms with Crippen LogP contribution in [0.4, 0.5) is 4.39 Å². The van der Waals surface area contributed by atoms with E-state index in [1.807, 2.05) is 26.0 Å².